The van der Waals surface area contributed by atoms with Crippen LogP contribution < -0.4 is 9.64 Å². The van der Waals surface area contributed by atoms with Gasteiger partial charge in [0.1, 0.15) is 11.2 Å². The number of likely N-dealkylation sites (N-methyl/N-ethyl adjacent to an activating group) is 1. The number of ether oxygens (including phenoxy) is 3. The summed E-state index contributed by atoms with van der Waals surface area (Å²) in [7, 11) is 6.52. The molecular formula is C45H60N4O7. The number of para-hydroxylation sites is 1. The van der Waals surface area contributed by atoms with Gasteiger partial charge in [0.25, 0.3) is 0 Å². The molecule has 11 heteroatoms. The van der Waals surface area contributed by atoms with Crippen LogP contribution in [0, 0.1) is 11.3 Å². The third-order valence-electron chi connectivity index (χ3n) is 15.8. The lowest BCUT2D eigenvalue weighted by Crippen LogP contribution is -2.79. The number of rotatable bonds is 6. The van der Waals surface area contributed by atoms with Gasteiger partial charge in [0, 0.05) is 72.1 Å². The van der Waals surface area contributed by atoms with Gasteiger partial charge in [-0.05, 0) is 112 Å². The summed E-state index contributed by atoms with van der Waals surface area (Å²) in [6, 6.07) is 12.0. The highest BCUT2D eigenvalue weighted by Gasteiger charge is 2.75. The van der Waals surface area contributed by atoms with Crippen molar-refractivity contribution in [3.05, 3.63) is 58.8 Å². The molecule has 4 fully saturated rings. The van der Waals surface area contributed by atoms with Gasteiger partial charge in [0.2, 0.25) is 0 Å². The molecule has 1 spiro atoms. The van der Waals surface area contributed by atoms with Crippen molar-refractivity contribution in [2.75, 3.05) is 66.0 Å². The Kier molecular flexibility index (Phi) is 8.93. The van der Waals surface area contributed by atoms with E-state index in [1.165, 1.54) is 14.2 Å². The summed E-state index contributed by atoms with van der Waals surface area (Å²) in [4.78, 5) is 40.4. The maximum atomic E-state index is 15.3. The topological polar surface area (TPSA) is 128 Å². The van der Waals surface area contributed by atoms with E-state index in [1.54, 1.807) is 7.11 Å². The molecule has 5 aliphatic heterocycles. The zero-order chi connectivity index (χ0) is 39.4. The molecule has 3 N–H and O–H groups in total. The Labute approximate surface area is 330 Å². The Hall–Kier alpha value is -3.64. The molecule has 1 saturated carbocycles. The zero-order valence-electron chi connectivity index (χ0n) is 34.1. The lowest BCUT2D eigenvalue weighted by molar-refractivity contribution is -0.201. The van der Waals surface area contributed by atoms with E-state index in [-0.39, 0.29) is 23.3 Å². The minimum absolute atomic E-state index is 0.0351. The van der Waals surface area contributed by atoms with Gasteiger partial charge in [-0.2, -0.15) is 0 Å². The number of aliphatic hydroxyl groups is 2. The van der Waals surface area contributed by atoms with Crippen molar-refractivity contribution < 1.29 is 34.0 Å². The first-order valence-electron chi connectivity index (χ1n) is 21.0. The van der Waals surface area contributed by atoms with Crippen molar-refractivity contribution >= 4 is 28.5 Å². The number of nitrogens with zero attached hydrogens (tertiary/aromatic N) is 3. The third kappa shape index (κ3) is 4.96. The highest BCUT2D eigenvalue weighted by Crippen LogP contribution is 2.68. The lowest BCUT2D eigenvalue weighted by atomic mass is 9.45. The van der Waals surface area contributed by atoms with Crippen LogP contribution in [-0.4, -0.2) is 121 Å². The van der Waals surface area contributed by atoms with Crippen LogP contribution in [0.5, 0.6) is 5.75 Å². The average Bonchev–Trinajstić information content (AvgIpc) is 3.71. The number of piperidine rings is 3. The second-order valence-corrected chi connectivity index (χ2v) is 18.3. The summed E-state index contributed by atoms with van der Waals surface area (Å²) in [6.07, 6.45) is 7.08. The molecule has 0 radical (unpaired) electrons. The number of carbonyl (C=O) groups excluding carboxylic acids is 2. The number of carbonyl (C=O) groups is 2. The van der Waals surface area contributed by atoms with Crippen LogP contribution >= 0.6 is 0 Å². The van der Waals surface area contributed by atoms with Crippen LogP contribution in [-0.2, 0) is 36.3 Å². The van der Waals surface area contributed by atoms with E-state index >= 15 is 4.79 Å². The number of benzene rings is 2. The van der Waals surface area contributed by atoms with Crippen LogP contribution in [0.3, 0.4) is 0 Å². The molecule has 1 unspecified atom stereocenters. The van der Waals surface area contributed by atoms with Gasteiger partial charge >= 0.3 is 11.9 Å². The molecule has 302 valence electrons. The quantitative estimate of drug-likeness (QED) is 0.293. The predicted molar refractivity (Wildman–Crippen MR) is 214 cm³/mol. The molecule has 3 saturated heterocycles. The minimum atomic E-state index is -1.76. The number of esters is 2. The highest BCUT2D eigenvalue weighted by molar-refractivity contribution is 5.94. The number of nitrogens with one attached hydrogen (secondary N) is 1. The summed E-state index contributed by atoms with van der Waals surface area (Å²) in [6.45, 7) is 8.33. The second-order valence-electron chi connectivity index (χ2n) is 18.3. The Bertz CT molecular complexity index is 2070. The number of hydrogen-bond donors (Lipinski definition) is 3. The van der Waals surface area contributed by atoms with E-state index in [0.29, 0.717) is 44.4 Å². The summed E-state index contributed by atoms with van der Waals surface area (Å²) >= 11 is 0. The highest BCUT2D eigenvalue weighted by atomic mass is 16.5. The van der Waals surface area contributed by atoms with E-state index in [9.17, 15) is 15.0 Å². The minimum Gasteiger partial charge on any atom is -0.496 e. The maximum Gasteiger partial charge on any atom is 0.340 e. The number of hydrogen-bond acceptors (Lipinski definition) is 10. The Balaban J connectivity index is 1.36. The lowest BCUT2D eigenvalue weighted by Gasteiger charge is -2.67. The van der Waals surface area contributed by atoms with Gasteiger partial charge in [-0.15, -0.1) is 0 Å². The number of aromatic nitrogens is 1. The number of H-pyrrole nitrogens is 1. The first-order valence-corrected chi connectivity index (χ1v) is 21.0. The molecule has 2 bridgehead atoms. The zero-order valence-corrected chi connectivity index (χ0v) is 34.1. The predicted octanol–water partition coefficient (Wildman–Crippen LogP) is 5.06. The smallest absolute Gasteiger partial charge is 0.340 e. The van der Waals surface area contributed by atoms with Gasteiger partial charge in [-0.25, -0.2) is 4.79 Å². The monoisotopic (exact) mass is 768 g/mol. The molecular weight excluding hydrogens is 709 g/mol. The van der Waals surface area contributed by atoms with Crippen molar-refractivity contribution in [1.29, 1.82) is 0 Å². The van der Waals surface area contributed by atoms with E-state index in [2.05, 4.69) is 50.9 Å². The van der Waals surface area contributed by atoms with E-state index < -0.39 is 34.0 Å². The fourth-order valence-electron chi connectivity index (χ4n) is 13.9. The average molecular weight is 769 g/mol. The molecule has 6 heterocycles. The van der Waals surface area contributed by atoms with Gasteiger partial charge < -0.3 is 34.3 Å². The van der Waals surface area contributed by atoms with Gasteiger partial charge in [0.15, 0.2) is 5.60 Å². The second kappa shape index (κ2) is 13.2. The van der Waals surface area contributed by atoms with E-state index in [0.717, 1.165) is 97.3 Å². The molecule has 11 nitrogen and oxygen atoms in total. The maximum absolute atomic E-state index is 15.3. The summed E-state index contributed by atoms with van der Waals surface area (Å²) in [5, 5.41) is 26.1. The Morgan fingerprint density at radius 3 is 2.38 bits per heavy atom. The first-order chi connectivity index (χ1) is 26.9. The van der Waals surface area contributed by atoms with Gasteiger partial charge in [-0.1, -0.05) is 32.0 Å². The molecule has 6 aliphatic rings. The van der Waals surface area contributed by atoms with Crippen molar-refractivity contribution in [3.8, 4) is 5.75 Å². The Morgan fingerprint density at radius 2 is 1.66 bits per heavy atom. The van der Waals surface area contributed by atoms with Crippen LogP contribution in [0.25, 0.3) is 10.9 Å². The SMILES string of the molecule is CC[C@]1(O)C[C@H]2CN(CCc3c([nH]c4ccccc34)[C@@](C(=O)OC)(c3cc4c(cc3OC)N(C)[C@@H]3[C@]45CCCN4CCC[C@@](CC)(C[C@]3(O)C(=O)OC)[C@@H]45)C2)C1. The van der Waals surface area contributed by atoms with E-state index in [4.69, 9.17) is 14.2 Å². The van der Waals surface area contributed by atoms with Crippen LogP contribution in [0.15, 0.2) is 36.4 Å². The molecule has 1 aromatic heterocycles. The largest absolute Gasteiger partial charge is 0.496 e. The number of anilines is 1. The normalized spacial score (nSPS) is 37.6. The van der Waals surface area contributed by atoms with Crippen LogP contribution in [0.1, 0.15) is 94.0 Å². The molecule has 56 heavy (non-hydrogen) atoms. The molecule has 3 aromatic rings. The number of methoxy groups -OCH3 is 3. The van der Waals surface area contributed by atoms with Crippen molar-refractivity contribution in [1.82, 2.24) is 14.8 Å². The number of fused-ring (bicyclic) bond motifs is 6. The van der Waals surface area contributed by atoms with Crippen LogP contribution in [0.4, 0.5) is 5.69 Å². The summed E-state index contributed by atoms with van der Waals surface area (Å²) in [5.41, 5.74) is 0.594. The Morgan fingerprint density at radius 1 is 0.911 bits per heavy atom. The molecule has 2 aromatic carbocycles. The first kappa shape index (κ1) is 37.9. The van der Waals surface area contributed by atoms with Crippen LogP contribution in [0.2, 0.25) is 0 Å². The third-order valence-corrected chi connectivity index (χ3v) is 15.8. The molecule has 9 rings (SSSR count). The van der Waals surface area contributed by atoms with Gasteiger partial charge in [0.05, 0.1) is 33.0 Å². The molecule has 9 atom stereocenters. The molecule has 1 aliphatic carbocycles. The van der Waals surface area contributed by atoms with Crippen molar-refractivity contribution in [2.45, 2.75) is 112 Å². The summed E-state index contributed by atoms with van der Waals surface area (Å²) < 4.78 is 17.9. The van der Waals surface area contributed by atoms with Crippen molar-refractivity contribution in [2.24, 2.45) is 11.3 Å². The fourth-order valence-corrected chi connectivity index (χ4v) is 13.9. The summed E-state index contributed by atoms with van der Waals surface area (Å²) in [5.74, 6) is -0.438. The standard InChI is InChI=1S/C45H60N4O7/c1-7-41-16-11-18-49-19-12-17-43(37(41)49)31-21-32(35(54-4)22-34(31)47(3)38(43)45(53,26-41)40(51)56-6)44(39(50)55-5)24-28-23-42(52,8-2)27-48(25-28)20-15-30-29-13-9-10-14-33(29)46-36(30)44/h9-10,13-14,21-22,28,37-38,46,52-53H,7-8,11-12,15-20,23-27H2,1-6H3/t28-,37-,38-,41+,42+,43-,44+,45-/m1/s1. The molecule has 0 amide bonds. The van der Waals surface area contributed by atoms with Gasteiger partial charge in [-0.3, -0.25) is 14.6 Å². The number of aromatic amines is 1. The van der Waals surface area contributed by atoms with Crippen molar-refractivity contribution in [3.63, 3.8) is 0 Å². The fraction of sp³-hybridized carbons (Fsp3) is 0.644. The van der Waals surface area contributed by atoms with E-state index in [1.807, 2.05) is 26.1 Å².